The van der Waals surface area contributed by atoms with Gasteiger partial charge in [0.1, 0.15) is 6.29 Å². The second-order valence-corrected chi connectivity index (χ2v) is 8.85. The van der Waals surface area contributed by atoms with Crippen LogP contribution in [0.2, 0.25) is 5.02 Å². The minimum Gasteiger partial charge on any atom is -0.299 e. The molecule has 2 rings (SSSR count). The highest BCUT2D eigenvalue weighted by molar-refractivity contribution is 7.16. The summed E-state index contributed by atoms with van der Waals surface area (Å²) in [6.45, 7) is 6.71. The summed E-state index contributed by atoms with van der Waals surface area (Å²) in [6.07, 6.45) is 13.3. The lowest BCUT2D eigenvalue weighted by Gasteiger charge is -2.08. The molecule has 1 heterocycles. The third-order valence-corrected chi connectivity index (χ3v) is 6.68. The number of halogens is 1. The van der Waals surface area contributed by atoms with Crippen LogP contribution in [-0.4, -0.2) is 6.29 Å². The summed E-state index contributed by atoms with van der Waals surface area (Å²) in [5.74, 6) is 0.436. The molecule has 0 aliphatic carbocycles. The zero-order valence-electron chi connectivity index (χ0n) is 16.8. The van der Waals surface area contributed by atoms with E-state index in [4.69, 9.17) is 11.6 Å². The first-order valence-electron chi connectivity index (χ1n) is 10.1. The van der Waals surface area contributed by atoms with Crippen LogP contribution >= 0.6 is 22.9 Å². The first-order valence-corrected chi connectivity index (χ1v) is 11.3. The number of hydrogen-bond donors (Lipinski definition) is 0. The van der Waals surface area contributed by atoms with Crippen LogP contribution in [0, 0.1) is 0 Å². The summed E-state index contributed by atoms with van der Waals surface area (Å²) < 4.78 is 0. The van der Waals surface area contributed by atoms with E-state index in [0.717, 1.165) is 17.7 Å². The summed E-state index contributed by atoms with van der Waals surface area (Å²) in [5.41, 5.74) is 3.86. The number of aldehydes is 1. The third-order valence-electron chi connectivity index (χ3n) is 4.83. The van der Waals surface area contributed by atoms with Gasteiger partial charge in [0.2, 0.25) is 0 Å². The van der Waals surface area contributed by atoms with Crippen molar-refractivity contribution in [2.45, 2.75) is 71.6 Å². The van der Waals surface area contributed by atoms with E-state index in [-0.39, 0.29) is 0 Å². The maximum absolute atomic E-state index is 10.9. The summed E-state index contributed by atoms with van der Waals surface area (Å²) in [5, 5.41) is 0.762. The molecule has 3 heteroatoms. The van der Waals surface area contributed by atoms with Crippen LogP contribution in [0.3, 0.4) is 0 Å². The first kappa shape index (κ1) is 21.9. The van der Waals surface area contributed by atoms with Crippen molar-refractivity contribution >= 4 is 35.3 Å². The lowest BCUT2D eigenvalue weighted by atomic mass is 9.95. The quantitative estimate of drug-likeness (QED) is 0.210. The highest BCUT2D eigenvalue weighted by Gasteiger charge is 2.19. The molecule has 0 amide bonds. The second kappa shape index (κ2) is 11.5. The number of rotatable bonds is 11. The smallest absolute Gasteiger partial charge is 0.142 e. The van der Waals surface area contributed by atoms with Crippen molar-refractivity contribution in [3.8, 4) is 10.4 Å². The molecule has 0 N–H and O–H groups in total. The summed E-state index contributed by atoms with van der Waals surface area (Å²) in [7, 11) is 0. The fourth-order valence-electron chi connectivity index (χ4n) is 3.41. The van der Waals surface area contributed by atoms with Gasteiger partial charge in [-0.25, -0.2) is 0 Å². The van der Waals surface area contributed by atoms with Crippen LogP contribution < -0.4 is 0 Å². The van der Waals surface area contributed by atoms with Gasteiger partial charge in [0.25, 0.3) is 0 Å². The zero-order valence-corrected chi connectivity index (χ0v) is 18.3. The van der Waals surface area contributed by atoms with Crippen molar-refractivity contribution in [3.05, 3.63) is 51.4 Å². The maximum atomic E-state index is 10.9. The second-order valence-electron chi connectivity index (χ2n) is 7.36. The van der Waals surface area contributed by atoms with E-state index in [1.54, 1.807) is 6.08 Å². The van der Waals surface area contributed by atoms with Gasteiger partial charge in [0.15, 0.2) is 0 Å². The molecular formula is C24H31ClOS. The molecule has 0 aliphatic rings. The van der Waals surface area contributed by atoms with Gasteiger partial charge in [-0.1, -0.05) is 82.7 Å². The summed E-state index contributed by atoms with van der Waals surface area (Å²) >= 11 is 7.96. The van der Waals surface area contributed by atoms with Crippen LogP contribution in [0.5, 0.6) is 0 Å². The number of allylic oxidation sites excluding steroid dienone is 1. The van der Waals surface area contributed by atoms with E-state index in [2.05, 4.69) is 32.9 Å². The van der Waals surface area contributed by atoms with Crippen LogP contribution in [0.4, 0.5) is 0 Å². The van der Waals surface area contributed by atoms with Gasteiger partial charge in [-0.05, 0) is 53.7 Å². The number of carbonyl (C=O) groups is 1. The van der Waals surface area contributed by atoms with Gasteiger partial charge in [0.05, 0.1) is 0 Å². The van der Waals surface area contributed by atoms with Gasteiger partial charge in [-0.2, -0.15) is 0 Å². The normalized spacial score (nSPS) is 11.6. The number of carbonyl (C=O) groups excluding carboxylic acids is 1. The lowest BCUT2D eigenvalue weighted by molar-refractivity contribution is -0.104. The van der Waals surface area contributed by atoms with E-state index in [1.165, 1.54) is 65.0 Å². The molecule has 0 aliphatic heterocycles. The van der Waals surface area contributed by atoms with Crippen molar-refractivity contribution < 1.29 is 4.79 Å². The first-order chi connectivity index (χ1) is 13.1. The molecule has 27 heavy (non-hydrogen) atoms. The van der Waals surface area contributed by atoms with Crippen molar-refractivity contribution in [1.82, 2.24) is 0 Å². The number of benzene rings is 1. The topological polar surface area (TPSA) is 17.1 Å². The van der Waals surface area contributed by atoms with Crippen LogP contribution in [0.1, 0.15) is 81.2 Å². The average Bonchev–Trinajstić information content (AvgIpc) is 3.02. The predicted molar refractivity (Wildman–Crippen MR) is 121 cm³/mol. The van der Waals surface area contributed by atoms with Crippen molar-refractivity contribution in [3.63, 3.8) is 0 Å². The van der Waals surface area contributed by atoms with Crippen LogP contribution in [0.15, 0.2) is 30.3 Å². The predicted octanol–water partition coefficient (Wildman–Crippen LogP) is 8.31. The van der Waals surface area contributed by atoms with Crippen molar-refractivity contribution in [2.75, 3.05) is 0 Å². The van der Waals surface area contributed by atoms with Gasteiger partial charge in [0, 0.05) is 14.8 Å². The Hall–Kier alpha value is -1.38. The van der Waals surface area contributed by atoms with Crippen molar-refractivity contribution in [2.24, 2.45) is 0 Å². The Morgan fingerprint density at radius 2 is 1.70 bits per heavy atom. The SMILES string of the molecule is CCCCCCCCc1c(-c2ccc(Cl)cc2)sc(C(C)C)c1/C=C/C=O. The van der Waals surface area contributed by atoms with E-state index in [9.17, 15) is 4.79 Å². The molecule has 0 fully saturated rings. The number of thiophene rings is 1. The van der Waals surface area contributed by atoms with Crippen molar-refractivity contribution in [1.29, 1.82) is 0 Å². The third kappa shape index (κ3) is 6.33. The Kier molecular flexibility index (Phi) is 9.30. The Balaban J connectivity index is 2.34. The molecule has 0 atom stereocenters. The number of unbranched alkanes of at least 4 members (excludes halogenated alkanes) is 5. The molecule has 146 valence electrons. The monoisotopic (exact) mass is 402 g/mol. The standard InChI is InChI=1S/C24H31ClOS/c1-4-5-6-7-8-9-11-22-21(12-10-17-26)23(18(2)3)27-24(22)19-13-15-20(25)16-14-19/h10,12-18H,4-9,11H2,1-3H3/b12-10+. The molecule has 2 aromatic rings. The Morgan fingerprint density at radius 3 is 2.33 bits per heavy atom. The Labute approximate surface area is 173 Å². The average molecular weight is 403 g/mol. The molecule has 1 aromatic carbocycles. The number of hydrogen-bond acceptors (Lipinski definition) is 2. The molecular weight excluding hydrogens is 372 g/mol. The van der Waals surface area contributed by atoms with Gasteiger partial charge >= 0.3 is 0 Å². The van der Waals surface area contributed by atoms with Gasteiger partial charge in [-0.15, -0.1) is 11.3 Å². The molecule has 0 unspecified atom stereocenters. The lowest BCUT2D eigenvalue weighted by Crippen LogP contribution is -1.93. The minimum atomic E-state index is 0.436. The molecule has 0 bridgehead atoms. The van der Waals surface area contributed by atoms with E-state index < -0.39 is 0 Å². The summed E-state index contributed by atoms with van der Waals surface area (Å²) in [4.78, 5) is 13.6. The molecule has 1 nitrogen and oxygen atoms in total. The Bertz CT molecular complexity index is 740. The molecule has 1 aromatic heterocycles. The zero-order chi connectivity index (χ0) is 19.6. The molecule has 0 saturated heterocycles. The largest absolute Gasteiger partial charge is 0.299 e. The minimum absolute atomic E-state index is 0.436. The van der Waals surface area contributed by atoms with Gasteiger partial charge < -0.3 is 0 Å². The van der Waals surface area contributed by atoms with E-state index >= 15 is 0 Å². The van der Waals surface area contributed by atoms with E-state index in [0.29, 0.717) is 5.92 Å². The summed E-state index contributed by atoms with van der Waals surface area (Å²) in [6, 6.07) is 8.13. The fourth-order valence-corrected chi connectivity index (χ4v) is 4.88. The van der Waals surface area contributed by atoms with Gasteiger partial charge in [-0.3, -0.25) is 4.79 Å². The highest BCUT2D eigenvalue weighted by Crippen LogP contribution is 2.42. The van der Waals surface area contributed by atoms with E-state index in [1.807, 2.05) is 29.5 Å². The highest BCUT2D eigenvalue weighted by atomic mass is 35.5. The molecule has 0 saturated carbocycles. The maximum Gasteiger partial charge on any atom is 0.142 e. The van der Waals surface area contributed by atoms with Crippen LogP contribution in [0.25, 0.3) is 16.5 Å². The fraction of sp³-hybridized carbons (Fsp3) is 0.458. The van der Waals surface area contributed by atoms with Crippen LogP contribution in [-0.2, 0) is 11.2 Å². The molecule has 0 spiro atoms. The molecule has 0 radical (unpaired) electrons. The Morgan fingerprint density at radius 1 is 1.04 bits per heavy atom.